The molecular weight excluding hydrogens is 556 g/mol. The Kier molecular flexibility index (Phi) is 6.97. The number of amides is 2. The van der Waals surface area contributed by atoms with Crippen LogP contribution in [0, 0.1) is 26.7 Å². The summed E-state index contributed by atoms with van der Waals surface area (Å²) >= 11 is 4.35. The van der Waals surface area contributed by atoms with Crippen molar-refractivity contribution < 1.29 is 18.4 Å². The maximum absolute atomic E-state index is 13.7. The van der Waals surface area contributed by atoms with Crippen molar-refractivity contribution in [2.75, 3.05) is 5.32 Å². The molecule has 0 saturated heterocycles. The number of nitrogens with one attached hydrogen (secondary N) is 1. The quantitative estimate of drug-likeness (QED) is 0.323. The molecule has 9 nitrogen and oxygen atoms in total. The lowest BCUT2D eigenvalue weighted by molar-refractivity contribution is -0.119. The van der Waals surface area contributed by atoms with Crippen molar-refractivity contribution in [1.82, 2.24) is 24.5 Å². The summed E-state index contributed by atoms with van der Waals surface area (Å²) in [6.07, 6.45) is -1.14. The molecule has 0 spiro atoms. The summed E-state index contributed by atoms with van der Waals surface area (Å²) in [5.74, 6) is -1.72. The van der Waals surface area contributed by atoms with E-state index in [9.17, 15) is 18.4 Å². The highest BCUT2D eigenvalue weighted by Crippen LogP contribution is 2.43. The predicted molar refractivity (Wildman–Crippen MR) is 137 cm³/mol. The molecule has 0 bridgehead atoms. The van der Waals surface area contributed by atoms with Gasteiger partial charge in [-0.05, 0) is 48.3 Å². The third-order valence-electron chi connectivity index (χ3n) is 5.87. The Morgan fingerprint density at radius 1 is 1.19 bits per heavy atom. The number of hydrogen-bond acceptors (Lipinski definition) is 6. The van der Waals surface area contributed by atoms with Crippen LogP contribution < -0.4 is 11.1 Å². The van der Waals surface area contributed by atoms with E-state index in [1.165, 1.54) is 6.07 Å². The minimum Gasteiger partial charge on any atom is -0.365 e. The average molecular weight is 580 g/mol. The summed E-state index contributed by atoms with van der Waals surface area (Å²) in [6, 6.07) is 1.26. The fourth-order valence-electron chi connectivity index (χ4n) is 4.04. The highest BCUT2D eigenvalue weighted by molar-refractivity contribution is 9.10. The van der Waals surface area contributed by atoms with E-state index in [0.717, 1.165) is 27.2 Å². The van der Waals surface area contributed by atoms with E-state index in [4.69, 9.17) is 5.73 Å². The second-order valence-corrected chi connectivity index (χ2v) is 10.4. The number of fused-ring (bicyclic) bond motifs is 1. The zero-order valence-electron chi connectivity index (χ0n) is 20.2. The Labute approximate surface area is 217 Å². The van der Waals surface area contributed by atoms with Crippen LogP contribution in [-0.4, -0.2) is 36.4 Å². The van der Waals surface area contributed by atoms with E-state index in [1.807, 2.05) is 13.8 Å². The molecule has 0 aromatic carbocycles. The number of alkyl halides is 2. The van der Waals surface area contributed by atoms with Crippen LogP contribution in [0.5, 0.6) is 0 Å². The van der Waals surface area contributed by atoms with Crippen LogP contribution in [0.3, 0.4) is 0 Å². The first-order chi connectivity index (χ1) is 16.9. The SMILES string of the molecule is Cc1nn(C)cc1-c1cc(C(F)F)nc2sc(C(N)=O)c(NC(=O)C(C)Cn3nc(C)c(Br)c3C)c12. The molecule has 0 aliphatic carbocycles. The highest BCUT2D eigenvalue weighted by atomic mass is 79.9. The lowest BCUT2D eigenvalue weighted by Gasteiger charge is -2.15. The van der Waals surface area contributed by atoms with Gasteiger partial charge in [-0.3, -0.25) is 19.0 Å². The molecule has 0 aliphatic heterocycles. The van der Waals surface area contributed by atoms with E-state index < -0.39 is 23.9 Å². The fourth-order valence-corrected chi connectivity index (χ4v) is 5.34. The summed E-state index contributed by atoms with van der Waals surface area (Å²) in [5.41, 5.74) is 8.57. The number of nitrogens with zero attached hydrogens (tertiary/aromatic N) is 5. The number of aromatic nitrogens is 5. The number of rotatable bonds is 7. The molecule has 0 fully saturated rings. The molecule has 190 valence electrons. The summed E-state index contributed by atoms with van der Waals surface area (Å²) in [5, 5.41) is 11.9. The first-order valence-electron chi connectivity index (χ1n) is 10.9. The summed E-state index contributed by atoms with van der Waals surface area (Å²) in [7, 11) is 1.72. The minimum atomic E-state index is -2.83. The van der Waals surface area contributed by atoms with Crippen molar-refractivity contribution in [2.24, 2.45) is 18.7 Å². The van der Waals surface area contributed by atoms with Crippen LogP contribution in [-0.2, 0) is 18.4 Å². The number of anilines is 1. The lowest BCUT2D eigenvalue weighted by Crippen LogP contribution is -2.26. The number of pyridine rings is 1. The Balaban J connectivity index is 1.82. The van der Waals surface area contributed by atoms with E-state index >= 15 is 0 Å². The highest BCUT2D eigenvalue weighted by Gasteiger charge is 2.27. The van der Waals surface area contributed by atoms with Gasteiger partial charge >= 0.3 is 0 Å². The zero-order chi connectivity index (χ0) is 26.5. The number of hydrogen-bond donors (Lipinski definition) is 2. The van der Waals surface area contributed by atoms with Gasteiger partial charge in [-0.25, -0.2) is 13.8 Å². The number of primary amides is 1. The normalized spacial score (nSPS) is 12.5. The van der Waals surface area contributed by atoms with Gasteiger partial charge in [0, 0.05) is 29.9 Å². The topological polar surface area (TPSA) is 121 Å². The third-order valence-corrected chi connectivity index (χ3v) is 8.11. The van der Waals surface area contributed by atoms with E-state index in [1.54, 1.807) is 36.5 Å². The summed E-state index contributed by atoms with van der Waals surface area (Å²) < 4.78 is 31.6. The second-order valence-electron chi connectivity index (χ2n) is 8.61. The van der Waals surface area contributed by atoms with Gasteiger partial charge in [0.2, 0.25) is 5.91 Å². The zero-order valence-corrected chi connectivity index (χ0v) is 22.6. The van der Waals surface area contributed by atoms with E-state index in [-0.39, 0.29) is 21.3 Å². The first kappa shape index (κ1) is 25.9. The van der Waals surface area contributed by atoms with Crippen LogP contribution in [0.25, 0.3) is 21.3 Å². The molecule has 4 aromatic rings. The number of aryl methyl sites for hydroxylation is 3. The number of carbonyl (C=O) groups excluding carboxylic acids is 2. The summed E-state index contributed by atoms with van der Waals surface area (Å²) in [4.78, 5) is 29.9. The van der Waals surface area contributed by atoms with Crippen LogP contribution >= 0.6 is 27.3 Å². The molecule has 3 N–H and O–H groups in total. The van der Waals surface area contributed by atoms with Crippen LogP contribution in [0.1, 0.15) is 45.8 Å². The van der Waals surface area contributed by atoms with Gasteiger partial charge in [0.25, 0.3) is 12.3 Å². The maximum Gasteiger partial charge on any atom is 0.280 e. The number of carbonyl (C=O) groups is 2. The maximum atomic E-state index is 13.7. The van der Waals surface area contributed by atoms with Gasteiger partial charge in [0.05, 0.1) is 34.0 Å². The molecule has 0 radical (unpaired) electrons. The molecule has 1 unspecified atom stereocenters. The van der Waals surface area contributed by atoms with Crippen LogP contribution in [0.4, 0.5) is 14.5 Å². The van der Waals surface area contributed by atoms with Gasteiger partial charge in [-0.15, -0.1) is 11.3 Å². The molecule has 0 aliphatic rings. The first-order valence-corrected chi connectivity index (χ1v) is 12.6. The molecule has 4 rings (SSSR count). The fraction of sp³-hybridized carbons (Fsp3) is 0.348. The predicted octanol–water partition coefficient (Wildman–Crippen LogP) is 4.89. The van der Waals surface area contributed by atoms with Gasteiger partial charge in [0.1, 0.15) is 15.4 Å². The molecule has 13 heteroatoms. The number of nitrogens with two attached hydrogens (primary N) is 1. The van der Waals surface area contributed by atoms with E-state index in [0.29, 0.717) is 28.8 Å². The molecule has 2 amide bonds. The smallest absolute Gasteiger partial charge is 0.280 e. The monoisotopic (exact) mass is 579 g/mol. The molecule has 4 aromatic heterocycles. The van der Waals surface area contributed by atoms with Crippen molar-refractivity contribution in [3.05, 3.63) is 44.4 Å². The second kappa shape index (κ2) is 9.69. The van der Waals surface area contributed by atoms with Gasteiger partial charge in [0.15, 0.2) is 0 Å². The van der Waals surface area contributed by atoms with Crippen molar-refractivity contribution in [1.29, 1.82) is 0 Å². The molecule has 1 atom stereocenters. The lowest BCUT2D eigenvalue weighted by atomic mass is 10.0. The van der Waals surface area contributed by atoms with Crippen LogP contribution in [0.2, 0.25) is 0 Å². The Bertz CT molecular complexity index is 1510. The molecule has 0 saturated carbocycles. The Morgan fingerprint density at radius 2 is 1.89 bits per heavy atom. The van der Waals surface area contributed by atoms with Gasteiger partial charge in [-0.1, -0.05) is 6.92 Å². The number of thiophene rings is 1. The Morgan fingerprint density at radius 3 is 2.42 bits per heavy atom. The Hall–Kier alpha value is -3.19. The molecular formula is C23H24BrF2N7O2S. The van der Waals surface area contributed by atoms with Crippen molar-refractivity contribution >= 4 is 55.0 Å². The standard InChI is InChI=1S/C23H24BrF2N7O2S/c1-9(7-33-12(4)17(24)11(3)31-33)22(35)29-18-16-13(14-8-32(5)30-10(14)2)6-15(20(25)26)28-23(16)36-19(18)21(27)34/h6,8-9,20H,7H2,1-5H3,(H2,27,34)(H,29,35). The van der Waals surface area contributed by atoms with E-state index in [2.05, 4.69) is 36.4 Å². The van der Waals surface area contributed by atoms with Gasteiger partial charge < -0.3 is 11.1 Å². The van der Waals surface area contributed by atoms with Crippen molar-refractivity contribution in [2.45, 2.75) is 40.7 Å². The minimum absolute atomic E-state index is 0.0288. The third kappa shape index (κ3) is 4.64. The van der Waals surface area contributed by atoms with Gasteiger partial charge in [-0.2, -0.15) is 10.2 Å². The molecule has 36 heavy (non-hydrogen) atoms. The average Bonchev–Trinajstić information content (AvgIpc) is 3.42. The molecule has 4 heterocycles. The van der Waals surface area contributed by atoms with Crippen molar-refractivity contribution in [3.8, 4) is 11.1 Å². The largest absolute Gasteiger partial charge is 0.365 e. The van der Waals surface area contributed by atoms with Crippen LogP contribution in [0.15, 0.2) is 16.7 Å². The van der Waals surface area contributed by atoms with Crippen molar-refractivity contribution in [3.63, 3.8) is 0 Å². The number of halogens is 3. The summed E-state index contributed by atoms with van der Waals surface area (Å²) in [6.45, 7) is 7.52.